The lowest BCUT2D eigenvalue weighted by molar-refractivity contribution is -0.149. The van der Waals surface area contributed by atoms with Gasteiger partial charge < -0.3 is 4.79 Å². The van der Waals surface area contributed by atoms with Crippen molar-refractivity contribution in [1.29, 1.82) is 0 Å². The van der Waals surface area contributed by atoms with Gasteiger partial charge in [0.05, 0.1) is 6.42 Å². The number of halogens is 3. The Labute approximate surface area is 103 Å². The molecule has 1 rings (SSSR count). The highest BCUT2D eigenvalue weighted by atomic mass is 19.4. The van der Waals surface area contributed by atoms with Gasteiger partial charge in [-0.3, -0.25) is 4.79 Å². The summed E-state index contributed by atoms with van der Waals surface area (Å²) in [7, 11) is 0. The van der Waals surface area contributed by atoms with E-state index in [1.165, 1.54) is 0 Å². The third-order valence-corrected chi connectivity index (χ3v) is 2.52. The third kappa shape index (κ3) is 5.12. The molecular weight excluding hydrogens is 245 g/mol. The minimum absolute atomic E-state index is 0.0521. The molecule has 98 valence electrons. The number of carbonyl (C=O) groups excluding carboxylic acids is 2. The number of hydrogen-bond acceptors (Lipinski definition) is 2. The lowest BCUT2D eigenvalue weighted by Crippen LogP contribution is -2.17. The van der Waals surface area contributed by atoms with Gasteiger partial charge in [-0.1, -0.05) is 30.3 Å². The normalized spacial score (nSPS) is 13.1. The van der Waals surface area contributed by atoms with Gasteiger partial charge in [0, 0.05) is 17.9 Å². The number of alkyl halides is 3. The number of Topliss-reactive ketones (excluding diaryl/α,β-unsaturated/α-hetero) is 1. The van der Waals surface area contributed by atoms with Crippen molar-refractivity contribution in [2.45, 2.75) is 25.4 Å². The van der Waals surface area contributed by atoms with Crippen LogP contribution in [-0.2, 0) is 4.79 Å². The molecule has 0 bridgehead atoms. The zero-order valence-electron chi connectivity index (χ0n) is 9.61. The van der Waals surface area contributed by atoms with E-state index < -0.39 is 18.5 Å². The number of benzene rings is 1. The van der Waals surface area contributed by atoms with Crippen LogP contribution in [0.5, 0.6) is 0 Å². The zero-order valence-corrected chi connectivity index (χ0v) is 9.61. The first-order chi connectivity index (χ1) is 8.42. The van der Waals surface area contributed by atoms with Gasteiger partial charge in [-0.05, 0) is 6.42 Å². The average molecular weight is 258 g/mol. The summed E-state index contributed by atoms with van der Waals surface area (Å²) in [6.07, 6.45) is -5.40. The molecule has 0 saturated carbocycles. The maximum atomic E-state index is 12.1. The molecule has 5 heteroatoms. The highest BCUT2D eigenvalue weighted by Crippen LogP contribution is 2.26. The lowest BCUT2D eigenvalue weighted by Gasteiger charge is -2.12. The van der Waals surface area contributed by atoms with Crippen molar-refractivity contribution < 1.29 is 22.8 Å². The molecular formula is C13H13F3O2. The second-order valence-corrected chi connectivity index (χ2v) is 4.04. The van der Waals surface area contributed by atoms with Gasteiger partial charge >= 0.3 is 6.18 Å². The van der Waals surface area contributed by atoms with Crippen LogP contribution in [0.15, 0.2) is 30.3 Å². The molecule has 2 nitrogen and oxygen atoms in total. The van der Waals surface area contributed by atoms with Crippen LogP contribution in [0.25, 0.3) is 0 Å². The van der Waals surface area contributed by atoms with E-state index in [0.29, 0.717) is 5.56 Å². The molecule has 0 aliphatic heterocycles. The SMILES string of the molecule is O=C[C@@H](CCC(=O)c1ccccc1)CC(F)(F)F. The molecule has 0 aliphatic rings. The molecule has 0 aromatic heterocycles. The summed E-state index contributed by atoms with van der Waals surface area (Å²) in [5, 5.41) is 0. The van der Waals surface area contributed by atoms with Crippen molar-refractivity contribution in [3.8, 4) is 0 Å². The largest absolute Gasteiger partial charge is 0.389 e. The summed E-state index contributed by atoms with van der Waals surface area (Å²) in [6, 6.07) is 8.30. The maximum absolute atomic E-state index is 12.1. The molecule has 0 amide bonds. The molecule has 0 heterocycles. The van der Waals surface area contributed by atoms with E-state index in [2.05, 4.69) is 0 Å². The quantitative estimate of drug-likeness (QED) is 0.578. The molecule has 0 N–H and O–H groups in total. The van der Waals surface area contributed by atoms with Crippen LogP contribution in [0.4, 0.5) is 13.2 Å². The summed E-state index contributed by atoms with van der Waals surface area (Å²) in [6.45, 7) is 0. The number of aldehydes is 1. The van der Waals surface area contributed by atoms with E-state index in [0.717, 1.165) is 0 Å². The smallest absolute Gasteiger partial charge is 0.303 e. The van der Waals surface area contributed by atoms with Gasteiger partial charge in [-0.25, -0.2) is 0 Å². The first-order valence-electron chi connectivity index (χ1n) is 5.52. The van der Waals surface area contributed by atoms with Gasteiger partial charge in [-0.15, -0.1) is 0 Å². The molecule has 18 heavy (non-hydrogen) atoms. The van der Waals surface area contributed by atoms with Gasteiger partial charge in [0.15, 0.2) is 5.78 Å². The first kappa shape index (κ1) is 14.4. The van der Waals surface area contributed by atoms with Gasteiger partial charge in [-0.2, -0.15) is 13.2 Å². The van der Waals surface area contributed by atoms with Gasteiger partial charge in [0.2, 0.25) is 0 Å². The fraction of sp³-hybridized carbons (Fsp3) is 0.385. The Kier molecular flexibility index (Phi) is 5.07. The summed E-state index contributed by atoms with van der Waals surface area (Å²) in [5.74, 6) is -1.39. The number of hydrogen-bond donors (Lipinski definition) is 0. The summed E-state index contributed by atoms with van der Waals surface area (Å²) in [4.78, 5) is 22.2. The Morgan fingerprint density at radius 2 is 1.83 bits per heavy atom. The molecule has 0 aliphatic carbocycles. The van der Waals surface area contributed by atoms with Crippen LogP contribution in [0, 0.1) is 5.92 Å². The number of carbonyl (C=O) groups is 2. The lowest BCUT2D eigenvalue weighted by atomic mass is 9.97. The van der Waals surface area contributed by atoms with E-state index in [9.17, 15) is 22.8 Å². The van der Waals surface area contributed by atoms with Crippen LogP contribution in [0.3, 0.4) is 0 Å². The molecule has 0 unspecified atom stereocenters. The van der Waals surface area contributed by atoms with Crippen LogP contribution in [0.1, 0.15) is 29.6 Å². The van der Waals surface area contributed by atoms with Crippen molar-refractivity contribution >= 4 is 12.1 Å². The monoisotopic (exact) mass is 258 g/mol. The number of ketones is 1. The second-order valence-electron chi connectivity index (χ2n) is 4.04. The van der Waals surface area contributed by atoms with Crippen LogP contribution in [-0.4, -0.2) is 18.2 Å². The molecule has 0 spiro atoms. The van der Waals surface area contributed by atoms with E-state index >= 15 is 0 Å². The molecule has 0 radical (unpaired) electrons. The topological polar surface area (TPSA) is 34.1 Å². The summed E-state index contributed by atoms with van der Waals surface area (Å²) in [5.41, 5.74) is 0.453. The van der Waals surface area contributed by atoms with Crippen LogP contribution in [0.2, 0.25) is 0 Å². The van der Waals surface area contributed by atoms with Gasteiger partial charge in [0.25, 0.3) is 0 Å². The minimum atomic E-state index is -4.37. The Balaban J connectivity index is 2.49. The second kappa shape index (κ2) is 6.33. The Morgan fingerprint density at radius 1 is 1.22 bits per heavy atom. The molecule has 0 saturated heterocycles. The predicted octanol–water partition coefficient (Wildman–Crippen LogP) is 3.42. The van der Waals surface area contributed by atoms with Crippen molar-refractivity contribution in [2.24, 2.45) is 5.92 Å². The summed E-state index contributed by atoms with van der Waals surface area (Å²) < 4.78 is 36.3. The molecule has 0 fully saturated rings. The Bertz CT molecular complexity index is 398. The molecule has 1 aromatic carbocycles. The fourth-order valence-electron chi connectivity index (χ4n) is 1.60. The first-order valence-corrected chi connectivity index (χ1v) is 5.52. The summed E-state index contributed by atoms with van der Waals surface area (Å²) >= 11 is 0. The van der Waals surface area contributed by atoms with E-state index in [1.54, 1.807) is 30.3 Å². The van der Waals surface area contributed by atoms with Crippen molar-refractivity contribution in [1.82, 2.24) is 0 Å². The Morgan fingerprint density at radius 3 is 2.33 bits per heavy atom. The minimum Gasteiger partial charge on any atom is -0.303 e. The van der Waals surface area contributed by atoms with Crippen LogP contribution >= 0.6 is 0 Å². The van der Waals surface area contributed by atoms with Crippen LogP contribution < -0.4 is 0 Å². The van der Waals surface area contributed by atoms with Crippen molar-refractivity contribution in [2.75, 3.05) is 0 Å². The van der Waals surface area contributed by atoms with E-state index in [4.69, 9.17) is 0 Å². The van der Waals surface area contributed by atoms with E-state index in [1.807, 2.05) is 0 Å². The fourth-order valence-corrected chi connectivity index (χ4v) is 1.60. The highest BCUT2D eigenvalue weighted by Gasteiger charge is 2.31. The van der Waals surface area contributed by atoms with E-state index in [-0.39, 0.29) is 24.9 Å². The third-order valence-electron chi connectivity index (χ3n) is 2.52. The molecule has 1 aromatic rings. The Hall–Kier alpha value is -1.65. The van der Waals surface area contributed by atoms with Crippen molar-refractivity contribution in [3.05, 3.63) is 35.9 Å². The molecule has 1 atom stereocenters. The van der Waals surface area contributed by atoms with Gasteiger partial charge in [0.1, 0.15) is 6.29 Å². The standard InChI is InChI=1S/C13H13F3O2/c14-13(15,16)8-10(9-17)6-7-12(18)11-4-2-1-3-5-11/h1-5,9-10H,6-8H2/t10-/m0/s1. The highest BCUT2D eigenvalue weighted by molar-refractivity contribution is 5.96. The maximum Gasteiger partial charge on any atom is 0.389 e. The van der Waals surface area contributed by atoms with Crippen molar-refractivity contribution in [3.63, 3.8) is 0 Å². The predicted molar refractivity (Wildman–Crippen MR) is 60.2 cm³/mol. The zero-order chi connectivity index (χ0) is 13.6. The average Bonchev–Trinajstić information content (AvgIpc) is 2.33. The number of rotatable bonds is 6.